The molecule has 106 valence electrons. The van der Waals surface area contributed by atoms with Gasteiger partial charge in [-0.05, 0) is 25.0 Å². The molecule has 0 bridgehead atoms. The molecule has 0 aromatic rings. The molecule has 0 saturated carbocycles. The van der Waals surface area contributed by atoms with E-state index in [0.717, 1.165) is 11.1 Å². The van der Waals surface area contributed by atoms with Crippen molar-refractivity contribution >= 4 is 0 Å². The van der Waals surface area contributed by atoms with Gasteiger partial charge in [0.1, 0.15) is 0 Å². The summed E-state index contributed by atoms with van der Waals surface area (Å²) < 4.78 is 0. The van der Waals surface area contributed by atoms with Crippen LogP contribution in [0.2, 0.25) is 0 Å². The molecular formula is C18H34. The molecule has 0 rings (SSSR count). The van der Waals surface area contributed by atoms with Crippen molar-refractivity contribution < 1.29 is 0 Å². The lowest BCUT2D eigenvalue weighted by Gasteiger charge is -1.98. The van der Waals surface area contributed by atoms with Gasteiger partial charge in [0.2, 0.25) is 0 Å². The van der Waals surface area contributed by atoms with Crippen molar-refractivity contribution in [3.63, 3.8) is 0 Å². The molecule has 0 saturated heterocycles. The molecule has 0 aliphatic carbocycles. The maximum atomic E-state index is 3.93. The van der Waals surface area contributed by atoms with Gasteiger partial charge in [0.15, 0.2) is 0 Å². The lowest BCUT2D eigenvalue weighted by molar-refractivity contribution is 1.50. The molecule has 0 heteroatoms. The largest absolute Gasteiger partial charge is 0.0991 e. The van der Waals surface area contributed by atoms with Crippen LogP contribution in [0.1, 0.15) is 55.4 Å². The minimum absolute atomic E-state index is 1.03. The highest BCUT2D eigenvalue weighted by Crippen LogP contribution is 2.10. The van der Waals surface area contributed by atoms with Crippen LogP contribution in [-0.2, 0) is 0 Å². The zero-order valence-electron chi connectivity index (χ0n) is 13.9. The van der Waals surface area contributed by atoms with E-state index in [0.29, 0.717) is 0 Å². The summed E-state index contributed by atoms with van der Waals surface area (Å²) in [6, 6.07) is 0. The Bertz CT molecular complexity index is 237. The molecule has 0 amide bonds. The van der Waals surface area contributed by atoms with Crippen molar-refractivity contribution in [3.05, 3.63) is 60.8 Å². The third kappa shape index (κ3) is 20.2. The summed E-state index contributed by atoms with van der Waals surface area (Å²) in [5.41, 5.74) is 2.16. The molecule has 0 radical (unpaired) electrons. The topological polar surface area (TPSA) is 0 Å². The Balaban J connectivity index is -0.000000141. The second-order valence-corrected chi connectivity index (χ2v) is 2.36. The third-order valence-electron chi connectivity index (χ3n) is 1.46. The molecule has 0 aliphatic rings. The second-order valence-electron chi connectivity index (χ2n) is 2.36. The molecule has 0 aromatic carbocycles. The minimum Gasteiger partial charge on any atom is -0.0991 e. The van der Waals surface area contributed by atoms with E-state index >= 15 is 0 Å². The summed E-state index contributed by atoms with van der Waals surface area (Å²) in [7, 11) is 0. The summed E-state index contributed by atoms with van der Waals surface area (Å²) >= 11 is 0. The van der Waals surface area contributed by atoms with Crippen molar-refractivity contribution in [2.45, 2.75) is 55.4 Å². The fourth-order valence-electron chi connectivity index (χ4n) is 0.858. The maximum absolute atomic E-state index is 3.93. The summed E-state index contributed by atoms with van der Waals surface area (Å²) in [5, 5.41) is 0. The molecule has 0 heterocycles. The van der Waals surface area contributed by atoms with Crippen LogP contribution in [0.4, 0.5) is 0 Å². The van der Waals surface area contributed by atoms with Crippen LogP contribution in [0.15, 0.2) is 60.8 Å². The van der Waals surface area contributed by atoms with Gasteiger partial charge >= 0.3 is 0 Å². The standard InChI is InChI=1S/C12H16.3C2H6/c1-5-8-10-12(7-3)11(4)9-6-2;3*1-2/h5-10H,1,4H2,2-3H3;3*1-2H3/b9-6-,10-8-,12-7+;;;. The highest BCUT2D eigenvalue weighted by Gasteiger charge is 1.90. The summed E-state index contributed by atoms with van der Waals surface area (Å²) in [5.74, 6) is 0. The van der Waals surface area contributed by atoms with Crippen LogP contribution in [0, 0.1) is 0 Å². The van der Waals surface area contributed by atoms with Gasteiger partial charge < -0.3 is 0 Å². The lowest BCUT2D eigenvalue weighted by Crippen LogP contribution is -1.78. The number of allylic oxidation sites excluding steroid dienone is 8. The Morgan fingerprint density at radius 3 is 1.56 bits per heavy atom. The highest BCUT2D eigenvalue weighted by atomic mass is 14.0. The van der Waals surface area contributed by atoms with Crippen molar-refractivity contribution in [1.82, 2.24) is 0 Å². The molecule has 0 nitrogen and oxygen atoms in total. The molecule has 0 N–H and O–H groups in total. The Hall–Kier alpha value is -1.30. The number of rotatable bonds is 4. The number of hydrogen-bond donors (Lipinski definition) is 0. The van der Waals surface area contributed by atoms with Gasteiger partial charge in [-0.1, -0.05) is 91.2 Å². The van der Waals surface area contributed by atoms with E-state index in [1.54, 1.807) is 6.08 Å². The van der Waals surface area contributed by atoms with Crippen LogP contribution < -0.4 is 0 Å². The molecule has 18 heavy (non-hydrogen) atoms. The molecule has 0 aliphatic heterocycles. The fourth-order valence-corrected chi connectivity index (χ4v) is 0.858. The SMILES string of the molecule is C=C/C=C\C(=C/C)C(=C)/C=C\C.CC.CC.CC. The van der Waals surface area contributed by atoms with E-state index in [-0.39, 0.29) is 0 Å². The van der Waals surface area contributed by atoms with Crippen LogP contribution >= 0.6 is 0 Å². The van der Waals surface area contributed by atoms with Gasteiger partial charge in [-0.25, -0.2) is 0 Å². The zero-order valence-corrected chi connectivity index (χ0v) is 13.9. The molecule has 0 spiro atoms. The predicted octanol–water partition coefficient (Wildman–Crippen LogP) is 6.89. The van der Waals surface area contributed by atoms with Crippen LogP contribution in [0.25, 0.3) is 0 Å². The van der Waals surface area contributed by atoms with Gasteiger partial charge in [0.05, 0.1) is 0 Å². The van der Waals surface area contributed by atoms with Crippen molar-refractivity contribution in [2.24, 2.45) is 0 Å². The third-order valence-corrected chi connectivity index (χ3v) is 1.46. The Labute approximate surface area is 117 Å². The normalized spacial score (nSPS) is 9.44. The van der Waals surface area contributed by atoms with E-state index < -0.39 is 0 Å². The number of hydrogen-bond acceptors (Lipinski definition) is 0. The van der Waals surface area contributed by atoms with E-state index in [2.05, 4.69) is 13.2 Å². The van der Waals surface area contributed by atoms with E-state index in [9.17, 15) is 0 Å². The van der Waals surface area contributed by atoms with Gasteiger partial charge in [-0.15, -0.1) is 0 Å². The molecule has 0 atom stereocenters. The average molecular weight is 250 g/mol. The first-order valence-electron chi connectivity index (χ1n) is 7.03. The zero-order chi connectivity index (χ0) is 15.4. The summed E-state index contributed by atoms with van der Waals surface area (Å²) in [6.07, 6.45) is 11.7. The van der Waals surface area contributed by atoms with Gasteiger partial charge in [-0.2, -0.15) is 0 Å². The van der Waals surface area contributed by atoms with Crippen molar-refractivity contribution in [2.75, 3.05) is 0 Å². The Morgan fingerprint density at radius 1 is 0.833 bits per heavy atom. The minimum atomic E-state index is 1.03. The lowest BCUT2D eigenvalue weighted by atomic mass is 10.1. The molecule has 0 unspecified atom stereocenters. The Kier molecular flexibility index (Phi) is 42.0. The van der Waals surface area contributed by atoms with Gasteiger partial charge in [0, 0.05) is 0 Å². The fraction of sp³-hybridized carbons (Fsp3) is 0.444. The van der Waals surface area contributed by atoms with Gasteiger partial charge in [0.25, 0.3) is 0 Å². The van der Waals surface area contributed by atoms with E-state index in [1.807, 2.05) is 85.8 Å². The molecular weight excluding hydrogens is 216 g/mol. The van der Waals surface area contributed by atoms with E-state index in [1.165, 1.54) is 0 Å². The summed E-state index contributed by atoms with van der Waals surface area (Å²) in [4.78, 5) is 0. The molecule has 0 aromatic heterocycles. The maximum Gasteiger partial charge on any atom is -0.0233 e. The first kappa shape index (κ1) is 25.5. The average Bonchev–Trinajstić information content (AvgIpc) is 2.46. The van der Waals surface area contributed by atoms with Crippen molar-refractivity contribution in [1.29, 1.82) is 0 Å². The smallest absolute Gasteiger partial charge is 0.0233 e. The van der Waals surface area contributed by atoms with E-state index in [4.69, 9.17) is 0 Å². The quantitative estimate of drug-likeness (QED) is 0.477. The van der Waals surface area contributed by atoms with Crippen LogP contribution in [-0.4, -0.2) is 0 Å². The first-order valence-corrected chi connectivity index (χ1v) is 7.03. The second kappa shape index (κ2) is 29.6. The summed E-state index contributed by atoms with van der Waals surface area (Å²) in [6.45, 7) is 23.5. The predicted molar refractivity (Wildman–Crippen MR) is 91.1 cm³/mol. The molecule has 0 fully saturated rings. The Morgan fingerprint density at radius 2 is 1.28 bits per heavy atom. The monoisotopic (exact) mass is 250 g/mol. The van der Waals surface area contributed by atoms with Gasteiger partial charge in [-0.3, -0.25) is 0 Å². The van der Waals surface area contributed by atoms with Crippen molar-refractivity contribution in [3.8, 4) is 0 Å². The van der Waals surface area contributed by atoms with Crippen LogP contribution in [0.3, 0.4) is 0 Å². The first-order chi connectivity index (χ1) is 8.76. The highest BCUT2D eigenvalue weighted by molar-refractivity contribution is 5.44. The van der Waals surface area contributed by atoms with Crippen LogP contribution in [0.5, 0.6) is 0 Å².